The van der Waals surface area contributed by atoms with Gasteiger partial charge in [-0.25, -0.2) is 0 Å². The average Bonchev–Trinajstić information content (AvgIpc) is 2.47. The molecule has 0 spiro atoms. The van der Waals surface area contributed by atoms with Crippen molar-refractivity contribution in [3.05, 3.63) is 17.5 Å². The number of hydrogen-bond acceptors (Lipinski definition) is 3. The molecule has 1 N–H and O–H groups in total. The molecule has 1 aromatic rings. The van der Waals surface area contributed by atoms with E-state index in [4.69, 9.17) is 5.11 Å². The van der Waals surface area contributed by atoms with Crippen molar-refractivity contribution in [2.24, 2.45) is 0 Å². The number of aliphatic hydroxyl groups is 1. The van der Waals surface area contributed by atoms with Gasteiger partial charge in [-0.3, -0.25) is 4.68 Å². The van der Waals surface area contributed by atoms with Crippen molar-refractivity contribution in [1.29, 1.82) is 0 Å². The zero-order chi connectivity index (χ0) is 7.68. The maximum atomic E-state index is 8.92. The first kappa shape index (κ1) is 7.18. The van der Waals surface area contributed by atoms with E-state index in [0.717, 1.165) is 23.6 Å². The van der Waals surface area contributed by atoms with E-state index in [2.05, 4.69) is 5.10 Å². The molecule has 4 heteroatoms. The van der Waals surface area contributed by atoms with Crippen molar-refractivity contribution in [1.82, 2.24) is 9.78 Å². The van der Waals surface area contributed by atoms with E-state index in [9.17, 15) is 0 Å². The molecule has 2 rings (SSSR count). The van der Waals surface area contributed by atoms with Gasteiger partial charge in [0.15, 0.2) is 0 Å². The molecule has 0 radical (unpaired) electrons. The van der Waals surface area contributed by atoms with Crippen LogP contribution in [0, 0.1) is 0 Å². The Morgan fingerprint density at radius 1 is 1.73 bits per heavy atom. The second-order valence-electron chi connectivity index (χ2n) is 2.55. The molecule has 0 bridgehead atoms. The summed E-state index contributed by atoms with van der Waals surface area (Å²) < 4.78 is 1.99. The standard InChI is InChI=1S/C7H10N2OS/c10-4-6-3-8-9-1-2-11-5-7(6)9/h3,10H,1-2,4-5H2. The lowest BCUT2D eigenvalue weighted by Crippen LogP contribution is -2.12. The zero-order valence-electron chi connectivity index (χ0n) is 6.16. The highest BCUT2D eigenvalue weighted by Gasteiger charge is 2.13. The van der Waals surface area contributed by atoms with Gasteiger partial charge in [-0.05, 0) is 0 Å². The van der Waals surface area contributed by atoms with Crippen molar-refractivity contribution >= 4 is 11.8 Å². The first-order valence-corrected chi connectivity index (χ1v) is 4.79. The number of aryl methyl sites for hydroxylation is 1. The molecule has 1 aliphatic rings. The molecular weight excluding hydrogens is 160 g/mol. The number of rotatable bonds is 1. The molecule has 1 aliphatic heterocycles. The molecule has 0 aromatic carbocycles. The lowest BCUT2D eigenvalue weighted by Gasteiger charge is -2.13. The van der Waals surface area contributed by atoms with Crippen LogP contribution in [-0.4, -0.2) is 20.6 Å². The first-order valence-electron chi connectivity index (χ1n) is 3.64. The summed E-state index contributed by atoms with van der Waals surface area (Å²) in [6, 6.07) is 0. The van der Waals surface area contributed by atoms with E-state index in [0.29, 0.717) is 0 Å². The first-order chi connectivity index (χ1) is 5.42. The van der Waals surface area contributed by atoms with E-state index >= 15 is 0 Å². The maximum absolute atomic E-state index is 8.92. The molecule has 0 saturated carbocycles. The smallest absolute Gasteiger partial charge is 0.0715 e. The van der Waals surface area contributed by atoms with Crippen molar-refractivity contribution in [3.63, 3.8) is 0 Å². The summed E-state index contributed by atoms with van der Waals surface area (Å²) in [6.45, 7) is 1.11. The van der Waals surface area contributed by atoms with Crippen LogP contribution < -0.4 is 0 Å². The van der Waals surface area contributed by atoms with Crippen LogP contribution in [0.1, 0.15) is 11.3 Å². The van der Waals surface area contributed by atoms with E-state index < -0.39 is 0 Å². The SMILES string of the molecule is OCc1cnn2c1CSCC2. The Balaban J connectivity index is 2.38. The van der Waals surface area contributed by atoms with Gasteiger partial charge in [0, 0.05) is 17.1 Å². The van der Waals surface area contributed by atoms with Crippen LogP contribution in [-0.2, 0) is 18.9 Å². The molecule has 0 saturated heterocycles. The van der Waals surface area contributed by atoms with Crippen LogP contribution >= 0.6 is 11.8 Å². The highest BCUT2D eigenvalue weighted by molar-refractivity contribution is 7.98. The Kier molecular flexibility index (Phi) is 1.87. The molecule has 1 aromatic heterocycles. The summed E-state index contributed by atoms with van der Waals surface area (Å²) in [7, 11) is 0. The number of fused-ring (bicyclic) bond motifs is 1. The van der Waals surface area contributed by atoms with Crippen LogP contribution in [0.4, 0.5) is 0 Å². The number of aliphatic hydroxyl groups excluding tert-OH is 1. The fraction of sp³-hybridized carbons (Fsp3) is 0.571. The molecule has 3 nitrogen and oxygen atoms in total. The molecular formula is C7H10N2OS. The molecule has 0 fully saturated rings. The zero-order valence-corrected chi connectivity index (χ0v) is 6.97. The van der Waals surface area contributed by atoms with Crippen LogP contribution in [0.15, 0.2) is 6.20 Å². The van der Waals surface area contributed by atoms with Crippen LogP contribution in [0.2, 0.25) is 0 Å². The Hall–Kier alpha value is -0.480. The van der Waals surface area contributed by atoms with E-state index in [1.807, 2.05) is 16.4 Å². The normalized spacial score (nSPS) is 16.5. The van der Waals surface area contributed by atoms with E-state index in [-0.39, 0.29) is 6.61 Å². The number of nitrogens with zero attached hydrogens (tertiary/aromatic N) is 2. The monoisotopic (exact) mass is 170 g/mol. The van der Waals surface area contributed by atoms with Gasteiger partial charge in [0.1, 0.15) is 0 Å². The van der Waals surface area contributed by atoms with Crippen molar-refractivity contribution in [3.8, 4) is 0 Å². The van der Waals surface area contributed by atoms with Gasteiger partial charge in [-0.1, -0.05) is 0 Å². The minimum atomic E-state index is 0.121. The summed E-state index contributed by atoms with van der Waals surface area (Å²) in [5.74, 6) is 2.13. The number of aromatic nitrogens is 2. The van der Waals surface area contributed by atoms with Crippen molar-refractivity contribution in [2.45, 2.75) is 18.9 Å². The predicted octanol–water partition coefficient (Wildman–Crippen LogP) is 0.622. The quantitative estimate of drug-likeness (QED) is 0.671. The van der Waals surface area contributed by atoms with Crippen LogP contribution in [0.25, 0.3) is 0 Å². The predicted molar refractivity (Wildman–Crippen MR) is 44.3 cm³/mol. The van der Waals surface area contributed by atoms with Gasteiger partial charge in [0.05, 0.1) is 25.0 Å². The molecule has 2 heterocycles. The summed E-state index contributed by atoms with van der Waals surface area (Å²) in [6.07, 6.45) is 1.77. The van der Waals surface area contributed by atoms with Gasteiger partial charge in [-0.15, -0.1) is 0 Å². The highest BCUT2D eigenvalue weighted by atomic mass is 32.2. The fourth-order valence-electron chi connectivity index (χ4n) is 1.26. The van der Waals surface area contributed by atoms with Crippen LogP contribution in [0.5, 0.6) is 0 Å². The Morgan fingerprint density at radius 2 is 2.64 bits per heavy atom. The van der Waals surface area contributed by atoms with E-state index in [1.54, 1.807) is 6.20 Å². The summed E-state index contributed by atoms with van der Waals surface area (Å²) in [4.78, 5) is 0. The number of thioether (sulfide) groups is 1. The third-order valence-electron chi connectivity index (χ3n) is 1.89. The van der Waals surface area contributed by atoms with Gasteiger partial charge >= 0.3 is 0 Å². The topological polar surface area (TPSA) is 38.1 Å². The maximum Gasteiger partial charge on any atom is 0.0715 e. The molecule has 60 valence electrons. The van der Waals surface area contributed by atoms with Crippen LogP contribution in [0.3, 0.4) is 0 Å². The van der Waals surface area contributed by atoms with Crippen molar-refractivity contribution in [2.75, 3.05) is 5.75 Å². The Morgan fingerprint density at radius 3 is 3.45 bits per heavy atom. The second-order valence-corrected chi connectivity index (χ2v) is 3.66. The molecule has 0 aliphatic carbocycles. The molecule has 0 unspecified atom stereocenters. The van der Waals surface area contributed by atoms with Crippen molar-refractivity contribution < 1.29 is 5.11 Å². The summed E-state index contributed by atoms with van der Waals surface area (Å²) in [5, 5.41) is 13.1. The summed E-state index contributed by atoms with van der Waals surface area (Å²) in [5.41, 5.74) is 2.18. The largest absolute Gasteiger partial charge is 0.392 e. The second kappa shape index (κ2) is 2.87. The lowest BCUT2D eigenvalue weighted by atomic mass is 10.3. The number of hydrogen-bond donors (Lipinski definition) is 1. The van der Waals surface area contributed by atoms with Gasteiger partial charge in [0.25, 0.3) is 0 Å². The highest BCUT2D eigenvalue weighted by Crippen LogP contribution is 2.21. The molecule has 0 atom stereocenters. The minimum Gasteiger partial charge on any atom is -0.392 e. The third kappa shape index (κ3) is 1.16. The third-order valence-corrected chi connectivity index (χ3v) is 2.84. The lowest BCUT2D eigenvalue weighted by molar-refractivity contribution is 0.280. The van der Waals surface area contributed by atoms with Gasteiger partial charge in [-0.2, -0.15) is 16.9 Å². The molecule has 11 heavy (non-hydrogen) atoms. The Bertz CT molecular complexity index is 245. The average molecular weight is 170 g/mol. The Labute approximate surface area is 69.4 Å². The fourth-order valence-corrected chi connectivity index (χ4v) is 2.24. The summed E-state index contributed by atoms with van der Waals surface area (Å²) >= 11 is 1.90. The van der Waals surface area contributed by atoms with Gasteiger partial charge < -0.3 is 5.11 Å². The minimum absolute atomic E-state index is 0.121. The van der Waals surface area contributed by atoms with E-state index in [1.165, 1.54) is 5.69 Å². The van der Waals surface area contributed by atoms with Gasteiger partial charge in [0.2, 0.25) is 0 Å². The molecule has 0 amide bonds.